The third kappa shape index (κ3) is 3.27. The fourth-order valence-corrected chi connectivity index (χ4v) is 3.20. The zero-order valence-electron chi connectivity index (χ0n) is 12.6. The van der Waals surface area contributed by atoms with Crippen LogP contribution in [0.15, 0.2) is 18.2 Å². The predicted molar refractivity (Wildman–Crippen MR) is 80.3 cm³/mol. The molecule has 1 aromatic rings. The molecule has 1 aliphatic heterocycles. The van der Waals surface area contributed by atoms with E-state index in [2.05, 4.69) is 18.7 Å². The number of nitrogens with zero attached hydrogens (tertiary/aromatic N) is 1. The van der Waals surface area contributed by atoms with E-state index in [0.717, 1.165) is 56.6 Å². The SMILES string of the molecule is CCC1(CC)CCN(c2ccc(C(F)(F)F)cc2N)CC1. The van der Waals surface area contributed by atoms with E-state index in [-0.39, 0.29) is 5.69 Å². The Balaban J connectivity index is 2.14. The molecule has 2 rings (SSSR count). The van der Waals surface area contributed by atoms with Gasteiger partial charge in [0.2, 0.25) is 0 Å². The molecular weight excluding hydrogens is 277 g/mol. The smallest absolute Gasteiger partial charge is 0.397 e. The van der Waals surface area contributed by atoms with Crippen molar-refractivity contribution >= 4 is 11.4 Å². The highest BCUT2D eigenvalue weighted by atomic mass is 19.4. The Morgan fingerprint density at radius 3 is 2.14 bits per heavy atom. The second-order valence-electron chi connectivity index (χ2n) is 5.97. The van der Waals surface area contributed by atoms with E-state index in [1.54, 1.807) is 0 Å². The number of piperidine rings is 1. The normalized spacial score (nSPS) is 18.8. The maximum atomic E-state index is 12.7. The molecule has 1 fully saturated rings. The number of alkyl halides is 3. The zero-order chi connectivity index (χ0) is 15.7. The van der Waals surface area contributed by atoms with Crippen LogP contribution >= 0.6 is 0 Å². The van der Waals surface area contributed by atoms with Gasteiger partial charge < -0.3 is 10.6 Å². The number of nitrogen functional groups attached to an aromatic ring is 1. The molecule has 1 heterocycles. The van der Waals surface area contributed by atoms with Crippen LogP contribution in [0.2, 0.25) is 0 Å². The van der Waals surface area contributed by atoms with Gasteiger partial charge in [-0.15, -0.1) is 0 Å². The summed E-state index contributed by atoms with van der Waals surface area (Å²) in [6.07, 6.45) is 0.106. The average Bonchev–Trinajstić information content (AvgIpc) is 2.46. The van der Waals surface area contributed by atoms with E-state index in [9.17, 15) is 13.2 Å². The Kier molecular flexibility index (Phi) is 4.40. The first-order valence-corrected chi connectivity index (χ1v) is 7.53. The van der Waals surface area contributed by atoms with Crippen molar-refractivity contribution in [1.82, 2.24) is 0 Å². The summed E-state index contributed by atoms with van der Waals surface area (Å²) in [4.78, 5) is 2.11. The number of hydrogen-bond donors (Lipinski definition) is 1. The molecule has 0 aromatic heterocycles. The first kappa shape index (κ1) is 16.0. The van der Waals surface area contributed by atoms with E-state index >= 15 is 0 Å². The topological polar surface area (TPSA) is 29.3 Å². The van der Waals surface area contributed by atoms with Gasteiger partial charge in [0.25, 0.3) is 0 Å². The molecule has 0 atom stereocenters. The van der Waals surface area contributed by atoms with Crippen molar-refractivity contribution in [3.63, 3.8) is 0 Å². The Morgan fingerprint density at radius 2 is 1.71 bits per heavy atom. The summed E-state index contributed by atoms with van der Waals surface area (Å²) in [5, 5.41) is 0. The predicted octanol–water partition coefficient (Wildman–Crippen LogP) is 4.69. The minimum Gasteiger partial charge on any atom is -0.397 e. The van der Waals surface area contributed by atoms with E-state index < -0.39 is 11.7 Å². The first-order valence-electron chi connectivity index (χ1n) is 7.53. The van der Waals surface area contributed by atoms with Gasteiger partial charge in [-0.05, 0) is 36.5 Å². The molecule has 118 valence electrons. The number of rotatable bonds is 3. The third-order valence-electron chi connectivity index (χ3n) is 5.02. The van der Waals surface area contributed by atoms with Crippen molar-refractivity contribution in [2.75, 3.05) is 23.7 Å². The number of benzene rings is 1. The van der Waals surface area contributed by atoms with E-state index in [1.807, 2.05) is 0 Å². The molecule has 0 bridgehead atoms. The van der Waals surface area contributed by atoms with Crippen LogP contribution in [0.1, 0.15) is 45.1 Å². The summed E-state index contributed by atoms with van der Waals surface area (Å²) in [6, 6.07) is 3.66. The molecule has 0 aliphatic carbocycles. The van der Waals surface area contributed by atoms with Crippen LogP contribution < -0.4 is 10.6 Å². The molecule has 0 unspecified atom stereocenters. The third-order valence-corrected chi connectivity index (χ3v) is 5.02. The lowest BCUT2D eigenvalue weighted by Gasteiger charge is -2.42. The first-order chi connectivity index (χ1) is 9.81. The van der Waals surface area contributed by atoms with Crippen LogP contribution in [0, 0.1) is 5.41 Å². The van der Waals surface area contributed by atoms with Gasteiger partial charge in [-0.2, -0.15) is 13.2 Å². The van der Waals surface area contributed by atoms with Gasteiger partial charge in [-0.3, -0.25) is 0 Å². The zero-order valence-corrected chi connectivity index (χ0v) is 12.6. The molecule has 1 aliphatic rings. The number of halogens is 3. The molecule has 0 radical (unpaired) electrons. The molecule has 5 heteroatoms. The summed E-state index contributed by atoms with van der Waals surface area (Å²) < 4.78 is 38.0. The fraction of sp³-hybridized carbons (Fsp3) is 0.625. The maximum Gasteiger partial charge on any atom is 0.416 e. The number of anilines is 2. The van der Waals surface area contributed by atoms with Gasteiger partial charge in [-0.1, -0.05) is 26.7 Å². The second kappa shape index (κ2) is 5.78. The summed E-state index contributed by atoms with van der Waals surface area (Å²) in [5.74, 6) is 0. The Hall–Kier alpha value is -1.39. The molecule has 1 aromatic carbocycles. The summed E-state index contributed by atoms with van der Waals surface area (Å²) in [5.41, 5.74) is 6.48. The van der Waals surface area contributed by atoms with E-state index in [1.165, 1.54) is 6.07 Å². The largest absolute Gasteiger partial charge is 0.416 e. The van der Waals surface area contributed by atoms with Crippen LogP contribution in [0.25, 0.3) is 0 Å². The minimum absolute atomic E-state index is 0.213. The monoisotopic (exact) mass is 300 g/mol. The van der Waals surface area contributed by atoms with Crippen molar-refractivity contribution in [2.45, 2.75) is 45.7 Å². The Labute approximate surface area is 124 Å². The lowest BCUT2D eigenvalue weighted by molar-refractivity contribution is -0.137. The molecular formula is C16H23F3N2. The summed E-state index contributed by atoms with van der Waals surface area (Å²) in [6.45, 7) is 6.14. The average molecular weight is 300 g/mol. The highest BCUT2D eigenvalue weighted by molar-refractivity contribution is 5.69. The quantitative estimate of drug-likeness (QED) is 0.820. The lowest BCUT2D eigenvalue weighted by Crippen LogP contribution is -2.40. The molecule has 21 heavy (non-hydrogen) atoms. The summed E-state index contributed by atoms with van der Waals surface area (Å²) in [7, 11) is 0. The van der Waals surface area contributed by atoms with Crippen LogP contribution in [0.3, 0.4) is 0 Å². The van der Waals surface area contributed by atoms with Crippen LogP contribution in [-0.2, 0) is 6.18 Å². The van der Waals surface area contributed by atoms with Gasteiger partial charge in [0, 0.05) is 13.1 Å². The number of hydrogen-bond acceptors (Lipinski definition) is 2. The highest BCUT2D eigenvalue weighted by Crippen LogP contribution is 2.41. The van der Waals surface area contributed by atoms with Gasteiger partial charge in [0.15, 0.2) is 0 Å². The maximum absolute atomic E-state index is 12.7. The van der Waals surface area contributed by atoms with Crippen LogP contribution in [-0.4, -0.2) is 13.1 Å². The van der Waals surface area contributed by atoms with E-state index in [4.69, 9.17) is 5.73 Å². The molecule has 0 saturated carbocycles. The highest BCUT2D eigenvalue weighted by Gasteiger charge is 2.33. The molecule has 2 nitrogen and oxygen atoms in total. The van der Waals surface area contributed by atoms with Crippen LogP contribution in [0.4, 0.5) is 24.5 Å². The lowest BCUT2D eigenvalue weighted by atomic mass is 9.74. The van der Waals surface area contributed by atoms with Gasteiger partial charge in [0.05, 0.1) is 16.9 Å². The van der Waals surface area contributed by atoms with Gasteiger partial charge in [-0.25, -0.2) is 0 Å². The Morgan fingerprint density at radius 1 is 1.14 bits per heavy atom. The fourth-order valence-electron chi connectivity index (χ4n) is 3.20. The molecule has 2 N–H and O–H groups in total. The van der Waals surface area contributed by atoms with Crippen LogP contribution in [0.5, 0.6) is 0 Å². The minimum atomic E-state index is -4.34. The van der Waals surface area contributed by atoms with Crippen molar-refractivity contribution in [3.8, 4) is 0 Å². The number of nitrogens with two attached hydrogens (primary N) is 1. The second-order valence-corrected chi connectivity index (χ2v) is 5.97. The van der Waals surface area contributed by atoms with E-state index in [0.29, 0.717) is 5.41 Å². The van der Waals surface area contributed by atoms with Gasteiger partial charge >= 0.3 is 6.18 Å². The van der Waals surface area contributed by atoms with Crippen molar-refractivity contribution < 1.29 is 13.2 Å². The summed E-state index contributed by atoms with van der Waals surface area (Å²) >= 11 is 0. The Bertz CT molecular complexity index is 483. The van der Waals surface area contributed by atoms with Crippen molar-refractivity contribution in [1.29, 1.82) is 0 Å². The van der Waals surface area contributed by atoms with Crippen molar-refractivity contribution in [2.24, 2.45) is 5.41 Å². The standard InChI is InChI=1S/C16H23F3N2/c1-3-15(4-2)7-9-21(10-8-15)14-6-5-12(11-13(14)20)16(17,18)19/h5-6,11H,3-4,7-10,20H2,1-2H3. The molecule has 0 spiro atoms. The molecule has 1 saturated heterocycles. The molecule has 0 amide bonds. The van der Waals surface area contributed by atoms with Gasteiger partial charge in [0.1, 0.15) is 0 Å². The van der Waals surface area contributed by atoms with Crippen molar-refractivity contribution in [3.05, 3.63) is 23.8 Å².